The Kier molecular flexibility index (Phi) is 10.9. The van der Waals surface area contributed by atoms with Crippen molar-refractivity contribution in [3.8, 4) is 0 Å². The van der Waals surface area contributed by atoms with Gasteiger partial charge in [0.25, 0.3) is 0 Å². The Bertz CT molecular complexity index is 531. The summed E-state index contributed by atoms with van der Waals surface area (Å²) >= 11 is 5.92. The third-order valence-electron chi connectivity index (χ3n) is 5.15. The molecule has 6 heteroatoms. The summed E-state index contributed by atoms with van der Waals surface area (Å²) in [6.45, 7) is 2.06. The molecule has 0 heterocycles. The van der Waals surface area contributed by atoms with Crippen LogP contribution in [0, 0.1) is 11.8 Å². The lowest BCUT2D eigenvalue weighted by Crippen LogP contribution is -2.30. The van der Waals surface area contributed by atoms with E-state index in [4.69, 9.17) is 16.7 Å². The maximum Gasteiger partial charge on any atom is 0.303 e. The highest BCUT2D eigenvalue weighted by molar-refractivity contribution is 6.18. The largest absolute Gasteiger partial charge is 0.481 e. The number of hydrogen-bond acceptors (Lipinski definition) is 4. The fourth-order valence-corrected chi connectivity index (χ4v) is 3.68. The number of alkyl halides is 1. The van der Waals surface area contributed by atoms with Crippen molar-refractivity contribution < 1.29 is 24.9 Å². The second-order valence-electron chi connectivity index (χ2n) is 7.51. The molecule has 0 aromatic rings. The molecule has 0 radical (unpaired) electrons. The minimum atomic E-state index is -0.943. The number of aliphatic hydroxyl groups excluding tert-OH is 1. The lowest BCUT2D eigenvalue weighted by molar-refractivity contribution is -0.137. The van der Waals surface area contributed by atoms with Gasteiger partial charge >= 0.3 is 5.97 Å². The number of halogens is 1. The maximum atomic E-state index is 12.2. The smallest absolute Gasteiger partial charge is 0.303 e. The van der Waals surface area contributed by atoms with Crippen LogP contribution in [0.2, 0.25) is 0 Å². The van der Waals surface area contributed by atoms with Crippen LogP contribution in [-0.4, -0.2) is 44.7 Å². The molecular weight excluding hydrogens is 368 g/mol. The summed E-state index contributed by atoms with van der Waals surface area (Å²) in [6.07, 6.45) is 11.8. The van der Waals surface area contributed by atoms with Gasteiger partial charge in [-0.3, -0.25) is 9.59 Å². The molecule has 0 saturated heterocycles. The number of allylic oxidation sites excluding steroid dienone is 2. The number of carbonyl (C=O) groups is 2. The number of carboxylic acids is 1. The van der Waals surface area contributed by atoms with Gasteiger partial charge < -0.3 is 15.3 Å². The Balaban J connectivity index is 2.58. The van der Waals surface area contributed by atoms with E-state index < -0.39 is 17.7 Å². The fraction of sp³-hybridized carbons (Fsp3) is 0.714. The number of aliphatic hydroxyl groups is 2. The number of aliphatic carboxylic acids is 1. The molecule has 1 saturated carbocycles. The molecular formula is C21H33ClO5. The number of unbranched alkanes of at least 4 members (excludes halogenated alkanes) is 2. The molecule has 3 N–H and O–H groups in total. The predicted octanol–water partition coefficient (Wildman–Crippen LogP) is 3.86. The van der Waals surface area contributed by atoms with E-state index >= 15 is 0 Å². The average molecular weight is 401 g/mol. The Morgan fingerprint density at radius 2 is 2.04 bits per heavy atom. The van der Waals surface area contributed by atoms with Gasteiger partial charge in [-0.25, -0.2) is 0 Å². The molecule has 1 aliphatic rings. The molecule has 0 amide bonds. The first-order valence-electron chi connectivity index (χ1n) is 9.85. The Morgan fingerprint density at radius 3 is 2.67 bits per heavy atom. The number of hydrogen-bond donors (Lipinski definition) is 3. The van der Waals surface area contributed by atoms with Crippen LogP contribution in [0.1, 0.15) is 64.7 Å². The standard InChI is InChI=1S/C21H33ClO5/c1-2-3-12-21(27,15-22)13-8-10-17-16(18(23)14-19(17)24)9-6-4-5-7-11-20(25)26/h4,6,8,10,16-17,19,24,27H,2-3,5,7,9,11-15H2,1H3,(H,25,26)/b6-4-,10-8+/t16-,17-,19-,21?/m1/s1. The van der Waals surface area contributed by atoms with Gasteiger partial charge in [-0.2, -0.15) is 0 Å². The van der Waals surface area contributed by atoms with Gasteiger partial charge in [0.2, 0.25) is 0 Å². The minimum absolute atomic E-state index is 0.0472. The Morgan fingerprint density at radius 1 is 1.30 bits per heavy atom. The molecule has 1 fully saturated rings. The third kappa shape index (κ3) is 8.58. The first kappa shape index (κ1) is 23.9. The fourth-order valence-electron chi connectivity index (χ4n) is 3.43. The topological polar surface area (TPSA) is 94.8 Å². The lowest BCUT2D eigenvalue weighted by Gasteiger charge is -2.24. The Labute approximate surface area is 167 Å². The van der Waals surface area contributed by atoms with Crippen LogP contribution in [0.5, 0.6) is 0 Å². The zero-order valence-corrected chi connectivity index (χ0v) is 16.9. The summed E-state index contributed by atoms with van der Waals surface area (Å²) in [5, 5.41) is 29.3. The quantitative estimate of drug-likeness (QED) is 0.248. The molecule has 0 aromatic heterocycles. The first-order chi connectivity index (χ1) is 12.8. The second kappa shape index (κ2) is 12.3. The van der Waals surface area contributed by atoms with Crippen LogP contribution < -0.4 is 0 Å². The number of ketones is 1. The van der Waals surface area contributed by atoms with Crippen LogP contribution in [0.4, 0.5) is 0 Å². The van der Waals surface area contributed by atoms with E-state index in [0.717, 1.165) is 12.8 Å². The molecule has 5 nitrogen and oxygen atoms in total. The normalized spacial score (nSPS) is 25.5. The highest BCUT2D eigenvalue weighted by Crippen LogP contribution is 2.34. The van der Waals surface area contributed by atoms with E-state index in [2.05, 4.69) is 6.92 Å². The molecule has 0 bridgehead atoms. The molecule has 27 heavy (non-hydrogen) atoms. The maximum absolute atomic E-state index is 12.2. The van der Waals surface area contributed by atoms with E-state index in [0.29, 0.717) is 32.1 Å². The molecule has 1 rings (SSSR count). The van der Waals surface area contributed by atoms with Crippen LogP contribution in [0.3, 0.4) is 0 Å². The van der Waals surface area contributed by atoms with Crippen molar-refractivity contribution in [1.29, 1.82) is 0 Å². The number of carbonyl (C=O) groups excluding carboxylic acids is 1. The monoisotopic (exact) mass is 400 g/mol. The predicted molar refractivity (Wildman–Crippen MR) is 107 cm³/mol. The highest BCUT2D eigenvalue weighted by Gasteiger charge is 2.39. The number of carboxylic acid groups (broad SMARTS) is 1. The van der Waals surface area contributed by atoms with Gasteiger partial charge in [0.1, 0.15) is 5.78 Å². The zero-order valence-electron chi connectivity index (χ0n) is 16.1. The van der Waals surface area contributed by atoms with Crippen molar-refractivity contribution in [2.75, 3.05) is 5.88 Å². The highest BCUT2D eigenvalue weighted by atomic mass is 35.5. The van der Waals surface area contributed by atoms with Crippen LogP contribution in [0.25, 0.3) is 0 Å². The first-order valence-corrected chi connectivity index (χ1v) is 10.4. The Hall–Kier alpha value is -1.17. The van der Waals surface area contributed by atoms with E-state index in [1.54, 1.807) is 0 Å². The summed E-state index contributed by atoms with van der Waals surface area (Å²) in [4.78, 5) is 22.7. The molecule has 0 spiro atoms. The molecule has 1 aliphatic carbocycles. The van der Waals surface area contributed by atoms with E-state index in [-0.39, 0.29) is 36.3 Å². The summed E-state index contributed by atoms with van der Waals surface area (Å²) in [7, 11) is 0. The summed E-state index contributed by atoms with van der Waals surface area (Å²) in [5.74, 6) is -1.13. The number of Topliss-reactive ketones (excluding diaryl/α,β-unsaturated/α-hetero) is 1. The lowest BCUT2D eigenvalue weighted by atomic mass is 9.89. The minimum Gasteiger partial charge on any atom is -0.481 e. The van der Waals surface area contributed by atoms with E-state index in [1.807, 2.05) is 24.3 Å². The van der Waals surface area contributed by atoms with Crippen molar-refractivity contribution in [3.63, 3.8) is 0 Å². The van der Waals surface area contributed by atoms with Crippen LogP contribution >= 0.6 is 11.6 Å². The zero-order chi connectivity index (χ0) is 20.3. The molecule has 1 unspecified atom stereocenters. The van der Waals surface area contributed by atoms with E-state index in [9.17, 15) is 19.8 Å². The molecule has 154 valence electrons. The van der Waals surface area contributed by atoms with Gasteiger partial charge in [-0.15, -0.1) is 11.6 Å². The molecule has 0 aliphatic heterocycles. The number of rotatable bonds is 13. The summed E-state index contributed by atoms with van der Waals surface area (Å²) in [6, 6.07) is 0. The van der Waals surface area contributed by atoms with Crippen LogP contribution in [-0.2, 0) is 9.59 Å². The average Bonchev–Trinajstić information content (AvgIpc) is 2.89. The SMILES string of the molecule is CCCCC(O)(CCl)C/C=C/[C@H]1[C@H](O)CC(=O)[C@@H]1C/C=C\CCCC(=O)O. The van der Waals surface area contributed by atoms with Gasteiger partial charge in [0.15, 0.2) is 0 Å². The van der Waals surface area contributed by atoms with Crippen molar-refractivity contribution in [2.24, 2.45) is 11.8 Å². The third-order valence-corrected chi connectivity index (χ3v) is 5.65. The molecule has 4 atom stereocenters. The van der Waals surface area contributed by atoms with Gasteiger partial charge in [-0.05, 0) is 32.1 Å². The van der Waals surface area contributed by atoms with Gasteiger partial charge in [0.05, 0.1) is 17.6 Å². The summed E-state index contributed by atoms with van der Waals surface area (Å²) in [5.41, 5.74) is -0.943. The van der Waals surface area contributed by atoms with Crippen molar-refractivity contribution in [2.45, 2.75) is 76.4 Å². The van der Waals surface area contributed by atoms with Crippen molar-refractivity contribution in [3.05, 3.63) is 24.3 Å². The van der Waals surface area contributed by atoms with Crippen molar-refractivity contribution in [1.82, 2.24) is 0 Å². The van der Waals surface area contributed by atoms with E-state index in [1.165, 1.54) is 0 Å². The second-order valence-corrected chi connectivity index (χ2v) is 7.78. The summed E-state index contributed by atoms with van der Waals surface area (Å²) < 4.78 is 0. The van der Waals surface area contributed by atoms with Crippen molar-refractivity contribution >= 4 is 23.4 Å². The van der Waals surface area contributed by atoms with Crippen LogP contribution in [0.15, 0.2) is 24.3 Å². The van der Waals surface area contributed by atoms with Gasteiger partial charge in [-0.1, -0.05) is 44.1 Å². The van der Waals surface area contributed by atoms with Gasteiger partial charge in [0, 0.05) is 24.7 Å². The molecule has 0 aromatic carbocycles.